The fourth-order valence-corrected chi connectivity index (χ4v) is 3.36. The lowest BCUT2D eigenvalue weighted by molar-refractivity contribution is 0.0179. The Labute approximate surface area is 168 Å². The highest BCUT2D eigenvalue weighted by atomic mass is 16.6. The van der Waals surface area contributed by atoms with Gasteiger partial charge in [0.05, 0.1) is 19.3 Å². The predicted molar refractivity (Wildman–Crippen MR) is 108 cm³/mol. The summed E-state index contributed by atoms with van der Waals surface area (Å²) in [5.41, 5.74) is 0.962. The van der Waals surface area contributed by atoms with Crippen molar-refractivity contribution in [2.75, 3.05) is 26.8 Å². The summed E-state index contributed by atoms with van der Waals surface area (Å²) in [4.78, 5) is 25.5. The lowest BCUT2D eigenvalue weighted by atomic mass is 9.92. The van der Waals surface area contributed by atoms with Gasteiger partial charge in [0, 0.05) is 13.1 Å². The van der Waals surface area contributed by atoms with Crippen molar-refractivity contribution in [2.45, 2.75) is 59.0 Å². The van der Waals surface area contributed by atoms with Crippen LogP contribution in [0.2, 0.25) is 0 Å². The smallest absolute Gasteiger partial charge is 0.410 e. The summed E-state index contributed by atoms with van der Waals surface area (Å²) in [5.74, 6) is 1.05. The minimum absolute atomic E-state index is 0.208. The number of nitrogens with zero attached hydrogens (tertiary/aromatic N) is 1. The number of esters is 1. The largest absolute Gasteiger partial charge is 0.494 e. The SMILES string of the molecule is COC(=O)c1ccc(OCCCC2CCN(C(=O)OC(C)(C)C)CC2)cc1C. The molecule has 0 N–H and O–H groups in total. The lowest BCUT2D eigenvalue weighted by Gasteiger charge is -2.33. The van der Waals surface area contributed by atoms with Gasteiger partial charge in [-0.2, -0.15) is 0 Å². The van der Waals surface area contributed by atoms with Crippen LogP contribution in [0.4, 0.5) is 4.79 Å². The van der Waals surface area contributed by atoms with E-state index in [-0.39, 0.29) is 12.1 Å². The predicted octanol–water partition coefficient (Wildman–Crippen LogP) is 4.59. The van der Waals surface area contributed by atoms with Gasteiger partial charge in [-0.25, -0.2) is 9.59 Å². The molecule has 0 aromatic heterocycles. The molecule has 0 radical (unpaired) electrons. The van der Waals surface area contributed by atoms with Crippen molar-refractivity contribution >= 4 is 12.1 Å². The van der Waals surface area contributed by atoms with Gasteiger partial charge >= 0.3 is 12.1 Å². The van der Waals surface area contributed by atoms with Crippen molar-refractivity contribution in [1.82, 2.24) is 4.90 Å². The summed E-state index contributed by atoms with van der Waals surface area (Å²) in [6.07, 6.45) is 3.86. The number of benzene rings is 1. The standard InChI is InChI=1S/C22H33NO5/c1-16-15-18(8-9-19(16)20(24)26-5)27-14-6-7-17-10-12-23(13-11-17)21(25)28-22(2,3)4/h8-9,15,17H,6-7,10-14H2,1-5H3. The average molecular weight is 392 g/mol. The first kappa shape index (κ1) is 22.1. The highest BCUT2D eigenvalue weighted by molar-refractivity contribution is 5.91. The summed E-state index contributed by atoms with van der Waals surface area (Å²) in [7, 11) is 1.38. The number of carbonyl (C=O) groups is 2. The first-order valence-corrected chi connectivity index (χ1v) is 9.99. The summed E-state index contributed by atoms with van der Waals surface area (Å²) in [5, 5.41) is 0. The van der Waals surface area contributed by atoms with Crippen LogP contribution < -0.4 is 4.74 Å². The molecule has 1 saturated heterocycles. The summed E-state index contributed by atoms with van der Waals surface area (Å²) in [6, 6.07) is 5.41. The van der Waals surface area contributed by atoms with E-state index in [1.165, 1.54) is 7.11 Å². The number of hydrogen-bond donors (Lipinski definition) is 0. The number of carbonyl (C=O) groups excluding carboxylic acids is 2. The van der Waals surface area contributed by atoms with Gasteiger partial charge in [0.2, 0.25) is 0 Å². The lowest BCUT2D eigenvalue weighted by Crippen LogP contribution is -2.41. The van der Waals surface area contributed by atoms with Gasteiger partial charge in [-0.3, -0.25) is 0 Å². The Bertz CT molecular complexity index is 672. The van der Waals surface area contributed by atoms with E-state index in [1.54, 1.807) is 12.1 Å². The zero-order chi connectivity index (χ0) is 20.7. The Kier molecular flexibility index (Phi) is 7.72. The fourth-order valence-electron chi connectivity index (χ4n) is 3.36. The van der Waals surface area contributed by atoms with E-state index in [9.17, 15) is 9.59 Å². The Balaban J connectivity index is 1.68. The Morgan fingerprint density at radius 2 is 1.86 bits per heavy atom. The molecule has 1 heterocycles. The topological polar surface area (TPSA) is 65.1 Å². The molecule has 1 aliphatic heterocycles. The highest BCUT2D eigenvalue weighted by Crippen LogP contribution is 2.24. The number of methoxy groups -OCH3 is 1. The first-order valence-electron chi connectivity index (χ1n) is 9.99. The minimum atomic E-state index is -0.446. The number of hydrogen-bond acceptors (Lipinski definition) is 5. The molecular weight excluding hydrogens is 358 g/mol. The zero-order valence-corrected chi connectivity index (χ0v) is 17.7. The van der Waals surface area contributed by atoms with Crippen LogP contribution in [0.1, 0.15) is 62.4 Å². The van der Waals surface area contributed by atoms with Crippen LogP contribution in [-0.2, 0) is 9.47 Å². The van der Waals surface area contributed by atoms with Gasteiger partial charge in [0.15, 0.2) is 0 Å². The minimum Gasteiger partial charge on any atom is -0.494 e. The van der Waals surface area contributed by atoms with Crippen LogP contribution in [-0.4, -0.2) is 49.4 Å². The fraction of sp³-hybridized carbons (Fsp3) is 0.636. The Morgan fingerprint density at radius 3 is 2.43 bits per heavy atom. The third-order valence-corrected chi connectivity index (χ3v) is 4.89. The second kappa shape index (κ2) is 9.80. The van der Waals surface area contributed by atoms with E-state index in [4.69, 9.17) is 14.2 Å². The molecule has 0 spiro atoms. The van der Waals surface area contributed by atoms with Crippen LogP contribution in [0.3, 0.4) is 0 Å². The molecule has 1 aromatic carbocycles. The summed E-state index contributed by atoms with van der Waals surface area (Å²) >= 11 is 0. The molecule has 6 nitrogen and oxygen atoms in total. The molecule has 0 bridgehead atoms. The van der Waals surface area contributed by atoms with Crippen molar-refractivity contribution in [2.24, 2.45) is 5.92 Å². The number of ether oxygens (including phenoxy) is 3. The van der Waals surface area contributed by atoms with E-state index in [1.807, 2.05) is 38.7 Å². The van der Waals surface area contributed by atoms with Crippen molar-refractivity contribution in [3.63, 3.8) is 0 Å². The van der Waals surface area contributed by atoms with Crippen molar-refractivity contribution in [1.29, 1.82) is 0 Å². The van der Waals surface area contributed by atoms with Crippen molar-refractivity contribution in [3.05, 3.63) is 29.3 Å². The van der Waals surface area contributed by atoms with Gasteiger partial charge in [0.25, 0.3) is 0 Å². The van der Waals surface area contributed by atoms with Gasteiger partial charge < -0.3 is 19.1 Å². The molecule has 28 heavy (non-hydrogen) atoms. The molecule has 6 heteroatoms. The van der Waals surface area contributed by atoms with Crippen LogP contribution in [0.15, 0.2) is 18.2 Å². The number of piperidine rings is 1. The molecule has 0 unspecified atom stereocenters. The second-order valence-corrected chi connectivity index (χ2v) is 8.37. The van der Waals surface area contributed by atoms with Crippen LogP contribution >= 0.6 is 0 Å². The van der Waals surface area contributed by atoms with E-state index in [0.717, 1.165) is 50.1 Å². The van der Waals surface area contributed by atoms with Crippen molar-refractivity contribution in [3.8, 4) is 5.75 Å². The third-order valence-electron chi connectivity index (χ3n) is 4.89. The molecule has 0 aliphatic carbocycles. The molecule has 1 aromatic rings. The highest BCUT2D eigenvalue weighted by Gasteiger charge is 2.26. The monoisotopic (exact) mass is 391 g/mol. The van der Waals surface area contributed by atoms with Gasteiger partial charge in [0.1, 0.15) is 11.4 Å². The average Bonchev–Trinajstić information content (AvgIpc) is 2.64. The summed E-state index contributed by atoms with van der Waals surface area (Å²) < 4.78 is 16.0. The van der Waals surface area contributed by atoms with Crippen molar-refractivity contribution < 1.29 is 23.8 Å². The van der Waals surface area contributed by atoms with Gasteiger partial charge in [-0.05, 0) is 83.1 Å². The first-order chi connectivity index (χ1) is 13.2. The van der Waals surface area contributed by atoms with E-state index >= 15 is 0 Å². The number of likely N-dealkylation sites (tertiary alicyclic amines) is 1. The quantitative estimate of drug-likeness (QED) is 0.524. The van der Waals surface area contributed by atoms with E-state index in [2.05, 4.69) is 0 Å². The molecule has 2 rings (SSSR count). The normalized spacial score (nSPS) is 15.2. The molecule has 1 amide bonds. The van der Waals surface area contributed by atoms with Gasteiger partial charge in [-0.1, -0.05) is 0 Å². The van der Waals surface area contributed by atoms with E-state index < -0.39 is 5.60 Å². The molecule has 156 valence electrons. The molecule has 0 saturated carbocycles. The maximum atomic E-state index is 12.1. The maximum Gasteiger partial charge on any atom is 0.410 e. The Hall–Kier alpha value is -2.24. The number of rotatable bonds is 6. The second-order valence-electron chi connectivity index (χ2n) is 8.37. The molecule has 1 fully saturated rings. The summed E-state index contributed by atoms with van der Waals surface area (Å²) in [6.45, 7) is 9.70. The Morgan fingerprint density at radius 1 is 1.18 bits per heavy atom. The molecular formula is C22H33NO5. The van der Waals surface area contributed by atoms with Gasteiger partial charge in [-0.15, -0.1) is 0 Å². The molecule has 0 atom stereocenters. The maximum absolute atomic E-state index is 12.1. The number of aryl methyl sites for hydroxylation is 1. The van der Waals surface area contributed by atoms with Crippen LogP contribution in [0.25, 0.3) is 0 Å². The van der Waals surface area contributed by atoms with E-state index in [0.29, 0.717) is 18.1 Å². The zero-order valence-electron chi connectivity index (χ0n) is 17.7. The third kappa shape index (κ3) is 6.73. The number of amides is 1. The molecule has 1 aliphatic rings. The van der Waals surface area contributed by atoms with Crippen LogP contribution in [0.5, 0.6) is 5.75 Å². The van der Waals surface area contributed by atoms with Crippen LogP contribution in [0, 0.1) is 12.8 Å².